The molecule has 0 spiro atoms. The quantitative estimate of drug-likeness (QED) is 0.0298. The second-order valence-corrected chi connectivity index (χ2v) is 26.8. The number of carbonyl (C=O) groups excluding carboxylic acids is 15. The number of ether oxygens (including phenoxy) is 14. The van der Waals surface area contributed by atoms with Crippen LogP contribution in [-0.2, 0) is 152 Å². The van der Waals surface area contributed by atoms with Crippen molar-refractivity contribution < 1.29 is 152 Å². The third-order valence-corrected chi connectivity index (χ3v) is 17.3. The number of nitrogens with zero attached hydrogens (tertiary/aromatic N) is 2. The van der Waals surface area contributed by atoms with E-state index in [2.05, 4.69) is 85.5 Å². The van der Waals surface area contributed by atoms with Gasteiger partial charge in [-0.25, -0.2) is 57.5 Å². The second kappa shape index (κ2) is 64.7. The zero-order valence-electron chi connectivity index (χ0n) is 65.9. The van der Waals surface area contributed by atoms with Crippen molar-refractivity contribution in [2.45, 2.75) is 58.4 Å². The summed E-state index contributed by atoms with van der Waals surface area (Å²) in [6.45, 7) is 44.2. The number of rotatable bonds is 56. The number of esters is 14. The lowest BCUT2D eigenvalue weighted by Gasteiger charge is -2.31. The fourth-order valence-corrected chi connectivity index (χ4v) is 8.86. The average Bonchev–Trinajstić information content (AvgIpc) is 0.808. The SMILES string of the molecule is C=CC(=O)CCC[Si](OC)(OC)OC.C=CC(=O)OCC(CC)(COC(=O)C=C)COC(=O)C=C.C=CC(=O)OCC(CC)(COC(=O)C=C)COC(=O)CCN(C)C.C=CC(=O)OCC(COC(=O)C=C)(COC(=O)C=C)COC(=O)C=C.C=CC(=O)OCC(COC(=O)C=C)(COC(=O)C=C)COC(=O)CCN(C)C. The van der Waals surface area contributed by atoms with Crippen molar-refractivity contribution in [3.05, 3.63) is 165 Å². The van der Waals surface area contributed by atoms with Crippen molar-refractivity contribution >= 4 is 98.2 Å². The summed E-state index contributed by atoms with van der Waals surface area (Å²) in [6.07, 6.45) is 15.4. The monoisotopic (exact) mass is 1600 g/mol. The number of allylic oxidation sites excluding steroid dienone is 1. The Kier molecular flexibility index (Phi) is 63.2. The van der Waals surface area contributed by atoms with Crippen molar-refractivity contribution in [3.63, 3.8) is 0 Å². The summed E-state index contributed by atoms with van der Waals surface area (Å²) < 4.78 is 86.1. The van der Waals surface area contributed by atoms with E-state index >= 15 is 0 Å². The summed E-state index contributed by atoms with van der Waals surface area (Å²) in [5.74, 6) is -9.14. The Morgan fingerprint density at radius 1 is 0.268 bits per heavy atom. The van der Waals surface area contributed by atoms with Crippen molar-refractivity contribution in [3.8, 4) is 0 Å². The van der Waals surface area contributed by atoms with Crippen molar-refractivity contribution in [2.24, 2.45) is 21.7 Å². The van der Waals surface area contributed by atoms with Gasteiger partial charge in [0.15, 0.2) is 5.78 Å². The largest absolute Gasteiger partial charge is 0.500 e. The maximum Gasteiger partial charge on any atom is 0.500 e. The topological polar surface area (TPSA) is 419 Å². The van der Waals surface area contributed by atoms with Gasteiger partial charge in [0, 0.05) is 120 Å². The number of hydrogen-bond donors (Lipinski definition) is 0. The minimum absolute atomic E-state index is 0.0232. The highest BCUT2D eigenvalue weighted by Crippen LogP contribution is 2.28. The molecule has 0 rings (SSSR count). The van der Waals surface area contributed by atoms with Gasteiger partial charge in [0.25, 0.3) is 0 Å². The van der Waals surface area contributed by atoms with Gasteiger partial charge in [-0.05, 0) is 53.5 Å². The highest BCUT2D eigenvalue weighted by molar-refractivity contribution is 6.60. The average molecular weight is 1610 g/mol. The van der Waals surface area contributed by atoms with Crippen LogP contribution in [0.25, 0.3) is 0 Å². The molecular formula is C77H112N2O32Si. The van der Waals surface area contributed by atoms with E-state index in [4.69, 9.17) is 79.6 Å². The molecular weight excluding hydrogens is 1490 g/mol. The molecule has 0 bridgehead atoms. The first kappa shape index (κ1) is 109. The van der Waals surface area contributed by atoms with E-state index in [1.807, 2.05) is 25.9 Å². The summed E-state index contributed by atoms with van der Waals surface area (Å²) in [6, 6.07) is 0.649. The Morgan fingerprint density at radius 2 is 0.438 bits per heavy atom. The van der Waals surface area contributed by atoms with Crippen LogP contribution in [0.5, 0.6) is 0 Å². The molecule has 0 saturated carbocycles. The molecule has 0 amide bonds. The lowest BCUT2D eigenvalue weighted by atomic mass is 9.88. The summed E-state index contributed by atoms with van der Waals surface area (Å²) in [5, 5.41) is 0. The smallest absolute Gasteiger partial charge is 0.465 e. The van der Waals surface area contributed by atoms with E-state index in [1.54, 1.807) is 47.2 Å². The van der Waals surface area contributed by atoms with Gasteiger partial charge < -0.3 is 89.4 Å². The molecule has 0 N–H and O–H groups in total. The maximum atomic E-state index is 12.0. The van der Waals surface area contributed by atoms with E-state index < -0.39 is 108 Å². The Bertz CT molecular complexity index is 2910. The van der Waals surface area contributed by atoms with Crippen LogP contribution in [0.2, 0.25) is 6.04 Å². The Labute approximate surface area is 656 Å². The molecule has 0 heterocycles. The maximum absolute atomic E-state index is 12.0. The molecule has 0 saturated heterocycles. The van der Waals surface area contributed by atoms with Crippen LogP contribution in [0, 0.1) is 21.7 Å². The molecule has 0 aliphatic heterocycles. The van der Waals surface area contributed by atoms with Gasteiger partial charge in [-0.15, -0.1) is 0 Å². The van der Waals surface area contributed by atoms with E-state index in [0.29, 0.717) is 44.8 Å². The van der Waals surface area contributed by atoms with Gasteiger partial charge in [-0.1, -0.05) is 99.4 Å². The predicted octanol–water partition coefficient (Wildman–Crippen LogP) is 5.85. The molecule has 0 aromatic rings. The van der Waals surface area contributed by atoms with Crippen LogP contribution in [0.3, 0.4) is 0 Å². The molecule has 0 aromatic carbocycles. The zero-order chi connectivity index (χ0) is 86.8. The van der Waals surface area contributed by atoms with Gasteiger partial charge in [0.05, 0.1) is 23.7 Å². The molecule has 34 nitrogen and oxygen atoms in total. The van der Waals surface area contributed by atoms with Crippen LogP contribution in [0.4, 0.5) is 0 Å². The number of hydrogen-bond acceptors (Lipinski definition) is 34. The van der Waals surface area contributed by atoms with E-state index in [-0.39, 0.29) is 117 Å². The fourth-order valence-electron chi connectivity index (χ4n) is 7.14. The molecule has 0 atom stereocenters. The first-order valence-corrected chi connectivity index (χ1v) is 35.7. The van der Waals surface area contributed by atoms with Gasteiger partial charge in [-0.3, -0.25) is 14.4 Å². The lowest BCUT2D eigenvalue weighted by molar-refractivity contribution is -0.168. The standard InChI is InChI=1S/C19H27NO8.C17H27NO6.C17H20O8.C15H20O6.C9H18O4Si/c1-6-15(21)25-11-19(12-26-16(22)7-2,13-27-17(23)8-3)14-28-18(24)9-10-20(4)5;1-6-14(19)22-11-17(8-3,12-23-15(20)7-2)13-24-16(21)9-10-18(4)5;1-5-13(18)22-9-17(10-23-14(19)6-2,11-24-15(20)7-3)12-25-16(21)8-4;1-5-12(16)19-9-15(8-4,10-20-13(17)6-2)11-21-14(18)7-3;1-5-9(10)7-6-8-14(11-2,12-3)13-4/h6-8H,1-3,9-14H2,4-5H3;6-7H,1-2,8-13H2,3-5H3;5-8H,1-4,9-12H2;5-7H,1-3,8-11H2,4H3;5H,1,6-8H2,2-4H3. The van der Waals surface area contributed by atoms with Gasteiger partial charge in [0.2, 0.25) is 0 Å². The van der Waals surface area contributed by atoms with Crippen LogP contribution in [0.15, 0.2) is 165 Å². The van der Waals surface area contributed by atoms with Gasteiger partial charge in [0.1, 0.15) is 103 Å². The Hall–Kier alpha value is -11.1. The zero-order valence-corrected chi connectivity index (χ0v) is 66.9. The fraction of sp³-hybridized carbons (Fsp3) is 0.468. The molecule has 0 aliphatic carbocycles. The summed E-state index contributed by atoms with van der Waals surface area (Å²) in [7, 11) is 9.52. The molecule has 0 radical (unpaired) electrons. The van der Waals surface area contributed by atoms with Crippen molar-refractivity contribution in [2.75, 3.05) is 155 Å². The third-order valence-electron chi connectivity index (χ3n) is 14.4. The minimum atomic E-state index is -2.48. The lowest BCUT2D eigenvalue weighted by Crippen LogP contribution is -2.43. The normalized spacial score (nSPS) is 10.5. The molecule has 0 unspecified atom stereocenters. The molecule has 35 heteroatoms. The highest BCUT2D eigenvalue weighted by Gasteiger charge is 2.41. The molecule has 0 aromatic heterocycles. The van der Waals surface area contributed by atoms with Crippen LogP contribution < -0.4 is 0 Å². The summed E-state index contributed by atoms with van der Waals surface area (Å²) in [4.78, 5) is 174. The number of ketones is 1. The second-order valence-electron chi connectivity index (χ2n) is 23.7. The molecule has 626 valence electrons. The van der Waals surface area contributed by atoms with Crippen LogP contribution in [0.1, 0.15) is 52.4 Å². The van der Waals surface area contributed by atoms with E-state index in [0.717, 1.165) is 72.9 Å². The van der Waals surface area contributed by atoms with Gasteiger partial charge in [-0.2, -0.15) is 0 Å². The summed E-state index contributed by atoms with van der Waals surface area (Å²) in [5.41, 5.74) is -4.31. The first-order valence-electron chi connectivity index (χ1n) is 33.8. The highest BCUT2D eigenvalue weighted by atomic mass is 28.4. The Morgan fingerprint density at radius 3 is 0.589 bits per heavy atom. The van der Waals surface area contributed by atoms with Gasteiger partial charge >= 0.3 is 92.4 Å². The molecule has 0 fully saturated rings. The molecule has 0 aliphatic rings. The molecule has 112 heavy (non-hydrogen) atoms. The van der Waals surface area contributed by atoms with E-state index in [9.17, 15) is 71.9 Å². The van der Waals surface area contributed by atoms with Crippen LogP contribution in [-0.4, -0.2) is 263 Å². The van der Waals surface area contributed by atoms with Crippen LogP contribution >= 0.6 is 0 Å². The minimum Gasteiger partial charge on any atom is -0.465 e. The van der Waals surface area contributed by atoms with Crippen molar-refractivity contribution in [1.82, 2.24) is 9.80 Å². The van der Waals surface area contributed by atoms with E-state index in [1.165, 1.54) is 6.08 Å². The van der Waals surface area contributed by atoms with Crippen molar-refractivity contribution in [1.29, 1.82) is 0 Å². The predicted molar refractivity (Wildman–Crippen MR) is 408 cm³/mol. The first-order chi connectivity index (χ1) is 52.8. The Balaban J connectivity index is -0.000000432. The third kappa shape index (κ3) is 55.3. The summed E-state index contributed by atoms with van der Waals surface area (Å²) >= 11 is 0. The number of carbonyl (C=O) groups is 15.